The van der Waals surface area contributed by atoms with Crippen LogP contribution in [0.2, 0.25) is 0 Å². The van der Waals surface area contributed by atoms with E-state index in [-0.39, 0.29) is 45.8 Å². The Morgan fingerprint density at radius 3 is 1.30 bits per heavy atom. The number of nitrogens with zero attached hydrogens (tertiary/aromatic N) is 6. The average Bonchev–Trinajstić information content (AvgIpc) is 3.61. The van der Waals surface area contributed by atoms with Gasteiger partial charge in [-0.2, -0.15) is 9.97 Å². The average molecular weight is 879 g/mol. The van der Waals surface area contributed by atoms with E-state index in [1.807, 2.05) is 38.1 Å². The highest BCUT2D eigenvalue weighted by molar-refractivity contribution is 8.27. The third-order valence-corrected chi connectivity index (χ3v) is 11.4. The number of aryl methyl sites for hydroxylation is 2. The van der Waals surface area contributed by atoms with Gasteiger partial charge in [-0.05, 0) is 74.5 Å². The fraction of sp³-hybridized carbons (Fsp3) is 0.119. The van der Waals surface area contributed by atoms with Crippen molar-refractivity contribution in [2.24, 2.45) is 0 Å². The highest BCUT2D eigenvalue weighted by atomic mass is 32.2. The van der Waals surface area contributed by atoms with Crippen LogP contribution >= 0.6 is 48.0 Å². The molecule has 0 spiro atoms. The molecule has 304 valence electrons. The summed E-state index contributed by atoms with van der Waals surface area (Å²) in [6, 6.07) is 25.4. The van der Waals surface area contributed by atoms with Crippen LogP contribution in [0.25, 0.3) is 23.4 Å². The molecule has 0 atom stereocenters. The Bertz CT molecular complexity index is 2700. The molecule has 60 heavy (non-hydrogen) atoms. The maximum Gasteiger partial charge on any atom is 0.300 e. The summed E-state index contributed by atoms with van der Waals surface area (Å²) >= 11 is 12.6. The number of carboxylic acids is 1. The van der Waals surface area contributed by atoms with Crippen LogP contribution in [0.4, 0.5) is 0 Å². The molecule has 18 heteroatoms. The largest absolute Gasteiger partial charge is 0.481 e. The lowest BCUT2D eigenvalue weighted by Gasteiger charge is -2.10. The van der Waals surface area contributed by atoms with E-state index in [1.165, 1.54) is 30.8 Å². The predicted octanol–water partition coefficient (Wildman–Crippen LogP) is 7.34. The van der Waals surface area contributed by atoms with Gasteiger partial charge in [-0.3, -0.25) is 42.6 Å². The Kier molecular flexibility index (Phi) is 13.4. The highest BCUT2D eigenvalue weighted by Crippen LogP contribution is 2.34. The molecule has 2 aliphatic heterocycles. The Morgan fingerprint density at radius 1 is 0.633 bits per heavy atom. The lowest BCUT2D eigenvalue weighted by molar-refractivity contribution is -0.134. The second-order valence-corrected chi connectivity index (χ2v) is 16.3. The van der Waals surface area contributed by atoms with Gasteiger partial charge in [0.2, 0.25) is 11.8 Å². The van der Waals surface area contributed by atoms with Crippen LogP contribution in [0.15, 0.2) is 117 Å². The lowest BCUT2D eigenvalue weighted by atomic mass is 10.2. The normalized spacial score (nSPS) is 15.0. The molecule has 0 radical (unpaired) electrons. The first-order chi connectivity index (χ1) is 28.6. The number of carboxylic acid groups (broad SMARTS) is 1. The lowest BCUT2D eigenvalue weighted by Crippen LogP contribution is -2.22. The van der Waals surface area contributed by atoms with Crippen LogP contribution in [-0.4, -0.2) is 74.2 Å². The van der Waals surface area contributed by atoms with E-state index in [4.69, 9.17) is 43.8 Å². The zero-order valence-corrected chi connectivity index (χ0v) is 35.8. The zero-order chi connectivity index (χ0) is 43.2. The van der Waals surface area contributed by atoms with Crippen molar-refractivity contribution in [1.29, 1.82) is 0 Å². The van der Waals surface area contributed by atoms with Gasteiger partial charge in [-0.15, -0.1) is 0 Å². The molecule has 0 aliphatic carbocycles. The van der Waals surface area contributed by atoms with Crippen molar-refractivity contribution in [3.63, 3.8) is 0 Å². The van der Waals surface area contributed by atoms with E-state index in [0.29, 0.717) is 41.2 Å². The number of thioether (sulfide) groups is 2. The molecule has 2 saturated heterocycles. The first-order valence-electron chi connectivity index (χ1n) is 17.8. The molecule has 4 aromatic heterocycles. The molecule has 0 saturated carbocycles. The first kappa shape index (κ1) is 43.1. The predicted molar refractivity (Wildman–Crippen MR) is 241 cm³/mol. The Hall–Kier alpha value is -6.47. The van der Waals surface area contributed by atoms with Gasteiger partial charge < -0.3 is 14.6 Å². The third-order valence-electron chi connectivity index (χ3n) is 8.46. The number of ether oxygens (including phenoxy) is 2. The van der Waals surface area contributed by atoms with Crippen molar-refractivity contribution in [3.8, 4) is 23.3 Å². The van der Waals surface area contributed by atoms with Gasteiger partial charge in [0.1, 0.15) is 42.6 Å². The number of amides is 2. The molecular formula is C42H34N6O8S4. The minimum Gasteiger partial charge on any atom is -0.481 e. The first-order valence-corrected chi connectivity index (χ1v) is 20.2. The van der Waals surface area contributed by atoms with Crippen molar-refractivity contribution >= 4 is 97.8 Å². The molecule has 14 nitrogen and oxygen atoms in total. The summed E-state index contributed by atoms with van der Waals surface area (Å²) < 4.78 is 15.5. The molecule has 0 unspecified atom stereocenters. The van der Waals surface area contributed by atoms with E-state index in [0.717, 1.165) is 41.6 Å². The molecule has 2 aromatic carbocycles. The number of thiocarbonyl (C=S) groups is 2. The number of hydrogen-bond donors (Lipinski definition) is 1. The van der Waals surface area contributed by atoms with Gasteiger partial charge in [0.25, 0.3) is 28.9 Å². The molecule has 8 rings (SSSR count). The number of fused-ring (bicyclic) bond motifs is 2. The molecular weight excluding hydrogens is 845 g/mol. The molecule has 0 bridgehead atoms. The van der Waals surface area contributed by atoms with Crippen LogP contribution in [0.3, 0.4) is 0 Å². The van der Waals surface area contributed by atoms with Crippen molar-refractivity contribution in [2.75, 3.05) is 14.1 Å². The van der Waals surface area contributed by atoms with E-state index in [2.05, 4.69) is 9.97 Å². The minimum atomic E-state index is -0.833. The standard InChI is InChI=1S/2C20H15N3O3S2.C2H4O2/c2*1-12-6-8-13(9-7-12)26-17-14(11-15-19(25)22(2)20(27)28-15)18(24)23-10-4-3-5-16(23)21-17;1-2(3)4/h2*3-11H,1-2H3;1H3,(H,3,4)/b2*15-11-;. The fourth-order valence-corrected chi connectivity index (χ4v) is 7.68. The van der Waals surface area contributed by atoms with Crippen molar-refractivity contribution in [1.82, 2.24) is 28.6 Å². The summed E-state index contributed by atoms with van der Waals surface area (Å²) in [5.41, 5.74) is 2.82. The van der Waals surface area contributed by atoms with Crippen molar-refractivity contribution in [2.45, 2.75) is 20.8 Å². The SMILES string of the molecule is CC(=O)O.Cc1ccc(Oc2nc3ccccn3c(=O)c2/C=C2\SC(=S)N(C)C2=O)cc1.Cc1ccc(Oc2nc3ccccn3c(=O)c2/C=C2\SC(=S)N(C)C2=O)cc1. The summed E-state index contributed by atoms with van der Waals surface area (Å²) in [7, 11) is 3.21. The summed E-state index contributed by atoms with van der Waals surface area (Å²) in [5, 5.41) is 7.42. The van der Waals surface area contributed by atoms with Crippen LogP contribution in [0, 0.1) is 13.8 Å². The maximum atomic E-state index is 13.1. The Balaban J connectivity index is 0.000000185. The van der Waals surface area contributed by atoms with Crippen LogP contribution in [0.5, 0.6) is 23.3 Å². The van der Waals surface area contributed by atoms with Crippen LogP contribution in [-0.2, 0) is 14.4 Å². The number of hydrogen-bond acceptors (Lipinski definition) is 13. The van der Waals surface area contributed by atoms with Crippen molar-refractivity contribution in [3.05, 3.63) is 150 Å². The molecule has 6 heterocycles. The van der Waals surface area contributed by atoms with E-state index < -0.39 is 5.97 Å². The van der Waals surface area contributed by atoms with Crippen LogP contribution < -0.4 is 20.6 Å². The monoisotopic (exact) mass is 878 g/mol. The molecule has 2 amide bonds. The second kappa shape index (κ2) is 18.6. The fourth-order valence-electron chi connectivity index (χ4n) is 5.36. The molecule has 6 aromatic rings. The van der Waals surface area contributed by atoms with Gasteiger partial charge in [-0.1, -0.05) is 95.5 Å². The molecule has 2 fully saturated rings. The van der Waals surface area contributed by atoms with Gasteiger partial charge in [0.05, 0.1) is 9.81 Å². The van der Waals surface area contributed by atoms with Gasteiger partial charge in [-0.25, -0.2) is 0 Å². The summed E-state index contributed by atoms with van der Waals surface area (Å²) in [4.78, 5) is 72.4. The molecule has 1 N–H and O–H groups in total. The van der Waals surface area contributed by atoms with Gasteiger partial charge >= 0.3 is 0 Å². The number of rotatable bonds is 6. The summed E-state index contributed by atoms with van der Waals surface area (Å²) in [5.74, 6) is 0.0384. The summed E-state index contributed by atoms with van der Waals surface area (Å²) in [6.45, 7) is 5.03. The number of carbonyl (C=O) groups excluding carboxylic acids is 2. The number of pyridine rings is 2. The number of carbonyl (C=O) groups is 3. The van der Waals surface area contributed by atoms with Gasteiger partial charge in [0, 0.05) is 33.4 Å². The van der Waals surface area contributed by atoms with E-state index in [9.17, 15) is 19.2 Å². The molecule has 2 aliphatic rings. The van der Waals surface area contributed by atoms with Gasteiger partial charge in [0.15, 0.2) is 0 Å². The maximum absolute atomic E-state index is 13.1. The van der Waals surface area contributed by atoms with Crippen LogP contribution in [0.1, 0.15) is 29.2 Å². The second-order valence-electron chi connectivity index (χ2n) is 13.0. The van der Waals surface area contributed by atoms with E-state index >= 15 is 0 Å². The zero-order valence-electron chi connectivity index (χ0n) is 32.5. The highest BCUT2D eigenvalue weighted by Gasteiger charge is 2.31. The Morgan fingerprint density at radius 2 is 0.983 bits per heavy atom. The smallest absolute Gasteiger partial charge is 0.300 e. The number of aliphatic carboxylic acids is 1. The quantitative estimate of drug-likeness (QED) is 0.130. The number of likely N-dealkylation sites (N-methyl/N-ethyl adjacent to an activating group) is 2. The number of benzene rings is 2. The van der Waals surface area contributed by atoms with E-state index in [1.54, 1.807) is 87.2 Å². The Labute approximate surface area is 361 Å². The van der Waals surface area contributed by atoms with Crippen molar-refractivity contribution < 1.29 is 29.0 Å². The number of aromatic nitrogens is 4. The minimum absolute atomic E-state index is 0.140. The topological polar surface area (TPSA) is 165 Å². The third kappa shape index (κ3) is 9.86. The summed E-state index contributed by atoms with van der Waals surface area (Å²) in [6.07, 6.45) is 6.26.